The largest absolute Gasteiger partial charge is 2.00 e. The number of nitrogens with zero attached hydrogens (tertiary/aromatic N) is 6. The summed E-state index contributed by atoms with van der Waals surface area (Å²) in [5, 5.41) is 2.87. The van der Waals surface area contributed by atoms with Gasteiger partial charge in [0.1, 0.15) is 11.2 Å². The van der Waals surface area contributed by atoms with Crippen molar-refractivity contribution in [3.05, 3.63) is 96.2 Å². The molecule has 5 aromatic rings. The second-order valence-corrected chi connectivity index (χ2v) is 13.5. The summed E-state index contributed by atoms with van der Waals surface area (Å²) >= 11 is 14.0. The van der Waals surface area contributed by atoms with E-state index in [1.807, 2.05) is 18.4 Å². The van der Waals surface area contributed by atoms with E-state index in [0.29, 0.717) is 39.7 Å². The predicted molar refractivity (Wildman–Crippen MR) is 191 cm³/mol. The molecule has 1 saturated heterocycles. The molecule has 4 heterocycles. The number of anilines is 2. The van der Waals surface area contributed by atoms with Crippen LogP contribution in [0.15, 0.2) is 52.1 Å². The summed E-state index contributed by atoms with van der Waals surface area (Å²) in [6, 6.07) is 12.4. The first-order valence-electron chi connectivity index (χ1n) is 16.2. The first-order chi connectivity index (χ1) is 24.8. The number of rotatable bonds is 9. The average Bonchev–Trinajstić information content (AvgIpc) is 3.53. The van der Waals surface area contributed by atoms with Crippen LogP contribution in [0.1, 0.15) is 42.3 Å². The van der Waals surface area contributed by atoms with Crippen molar-refractivity contribution >= 4 is 52.0 Å². The number of halogens is 5. The van der Waals surface area contributed by atoms with Gasteiger partial charge in [0.05, 0.1) is 28.5 Å². The molecule has 0 unspecified atom stereocenters. The molecule has 0 spiro atoms. The Balaban J connectivity index is 0.00000481. The minimum Gasteiger partial charge on any atom is -0.542 e. The monoisotopic (exact) mass is 806 g/mol. The van der Waals surface area contributed by atoms with Gasteiger partial charge in [-0.2, -0.15) is 26.0 Å². The van der Waals surface area contributed by atoms with Crippen molar-refractivity contribution < 1.29 is 39.8 Å². The Hall–Kier alpha value is -4.27. The molecular formula is C36H30Cl2F3MnN7O4. The Labute approximate surface area is 321 Å². The third-order valence-corrected chi connectivity index (χ3v) is 10.4. The van der Waals surface area contributed by atoms with Gasteiger partial charge in [-0.25, -0.2) is 19.7 Å². The summed E-state index contributed by atoms with van der Waals surface area (Å²) in [6.07, 6.45) is -0.129. The van der Waals surface area contributed by atoms with E-state index in [4.69, 9.17) is 32.9 Å². The number of methoxy groups -OCH3 is 1. The van der Waals surface area contributed by atoms with Crippen LogP contribution in [0.3, 0.4) is 0 Å². The molecule has 1 atom stereocenters. The van der Waals surface area contributed by atoms with Crippen molar-refractivity contribution in [3.8, 4) is 28.3 Å². The van der Waals surface area contributed by atoms with E-state index in [0.717, 1.165) is 52.6 Å². The second kappa shape index (κ2) is 14.9. The van der Waals surface area contributed by atoms with Gasteiger partial charge in [-0.1, -0.05) is 53.5 Å². The fourth-order valence-corrected chi connectivity index (χ4v) is 7.55. The Bertz CT molecular complexity index is 2380. The molecule has 53 heavy (non-hydrogen) atoms. The molecule has 3 aromatic heterocycles. The zero-order valence-corrected chi connectivity index (χ0v) is 31.1. The number of fused-ring (bicyclic) bond motifs is 2. The molecule has 1 N–H and O–H groups in total. The fraction of sp³-hybridized carbons (Fsp3) is 0.306. The van der Waals surface area contributed by atoms with Crippen LogP contribution in [0.4, 0.5) is 24.7 Å². The summed E-state index contributed by atoms with van der Waals surface area (Å²) in [5.41, 5.74) is 2.21. The van der Waals surface area contributed by atoms with E-state index in [1.165, 1.54) is 26.1 Å². The standard InChI is InChI=1S/C36H30Cl2F3N7O4.Mn/c1-46-31-27(33(50)47(2)35(46)51)30(44-34(45-31)36(39,40)41)42-23-11-5-9-21(29(23)38)20-8-4-10-22(28(20)37)24-15-19-12-13-25(26(19)32(43-24)52-3)48-16-18(17-48)7-6-14-49;/h4-5,8-11,15,25H,6-7,12-13,16-17H2,1-3H3,(H,42,44,45);/q-2;+2/t25-;/m0./s1. The van der Waals surface area contributed by atoms with Crippen LogP contribution in [0.2, 0.25) is 10.0 Å². The van der Waals surface area contributed by atoms with Gasteiger partial charge < -0.3 is 19.7 Å². The smallest absolute Gasteiger partial charge is 0.542 e. The van der Waals surface area contributed by atoms with Crippen LogP contribution in [0, 0.1) is 5.92 Å². The molecule has 0 bridgehead atoms. The Morgan fingerprint density at radius 3 is 2.36 bits per heavy atom. The topological polar surface area (TPSA) is 124 Å². The number of benzene rings is 2. The summed E-state index contributed by atoms with van der Waals surface area (Å²) < 4.78 is 49.1. The van der Waals surface area contributed by atoms with E-state index in [2.05, 4.69) is 20.2 Å². The predicted octanol–water partition coefficient (Wildman–Crippen LogP) is 6.60. The minimum absolute atomic E-state index is 0. The minimum atomic E-state index is -4.98. The average molecular weight is 808 g/mol. The molecule has 7 rings (SSSR count). The molecule has 1 radical (unpaired) electrons. The number of nitrogens with one attached hydrogen (secondary N) is 1. The first kappa shape index (κ1) is 38.5. The molecule has 17 heteroatoms. The van der Waals surface area contributed by atoms with Gasteiger partial charge in [0.2, 0.25) is 11.7 Å². The van der Waals surface area contributed by atoms with E-state index in [-0.39, 0.29) is 39.2 Å². The third-order valence-electron chi connectivity index (χ3n) is 9.57. The van der Waals surface area contributed by atoms with Crippen molar-refractivity contribution in [1.29, 1.82) is 0 Å². The SMILES string of the molecule is COc1nc(-c2cccc(-c3cccc(Nc4nc(C(F)(F)F)nc5c4c(=O)n(C)c(=O)n5C)c3Cl)c2Cl)cc2c1[C@@H](N1C[C-](CC[C-]=O)C1)CC2.[Mn+2]. The number of aromatic nitrogens is 5. The molecule has 1 aliphatic carbocycles. The van der Waals surface area contributed by atoms with Crippen molar-refractivity contribution in [2.75, 3.05) is 25.5 Å². The maximum Gasteiger partial charge on any atom is 2.00 e. The number of aryl methyl sites for hydroxylation is 2. The fourth-order valence-electron chi connectivity index (χ4n) is 6.95. The number of likely N-dealkylation sites (tertiary alicyclic amines) is 1. The number of hydrogen-bond donors (Lipinski definition) is 1. The van der Waals surface area contributed by atoms with Crippen LogP contribution in [-0.2, 0) is 48.6 Å². The quantitative estimate of drug-likeness (QED) is 0.130. The van der Waals surface area contributed by atoms with Crippen molar-refractivity contribution in [1.82, 2.24) is 29.0 Å². The molecular weight excluding hydrogens is 777 g/mol. The molecule has 2 aliphatic rings. The van der Waals surface area contributed by atoms with Gasteiger partial charge >= 0.3 is 28.9 Å². The number of ether oxygens (including phenoxy) is 1. The molecule has 1 aliphatic heterocycles. The summed E-state index contributed by atoms with van der Waals surface area (Å²) in [5.74, 6) is -0.186. The van der Waals surface area contributed by atoms with Crippen molar-refractivity contribution in [2.45, 2.75) is 37.9 Å². The number of hydrogen-bond acceptors (Lipinski definition) is 9. The molecule has 0 amide bonds. The molecule has 1 fully saturated rings. The van der Waals surface area contributed by atoms with Crippen LogP contribution >= 0.6 is 23.2 Å². The van der Waals surface area contributed by atoms with Gasteiger partial charge in [-0.3, -0.25) is 26.1 Å². The molecule has 0 saturated carbocycles. The van der Waals surface area contributed by atoms with E-state index >= 15 is 0 Å². The summed E-state index contributed by atoms with van der Waals surface area (Å²) in [4.78, 5) is 50.8. The van der Waals surface area contributed by atoms with Gasteiger partial charge in [-0.15, -0.1) is 13.1 Å². The van der Waals surface area contributed by atoms with Crippen LogP contribution in [-0.4, -0.2) is 55.5 Å². The van der Waals surface area contributed by atoms with Gasteiger partial charge in [-0.05, 0) is 30.5 Å². The van der Waals surface area contributed by atoms with Crippen LogP contribution in [0.5, 0.6) is 5.88 Å². The Kier molecular flexibility index (Phi) is 10.8. The maximum atomic E-state index is 13.9. The molecule has 275 valence electrons. The zero-order valence-electron chi connectivity index (χ0n) is 28.4. The Morgan fingerprint density at radius 1 is 1.00 bits per heavy atom. The first-order valence-corrected chi connectivity index (χ1v) is 17.0. The van der Waals surface area contributed by atoms with Gasteiger partial charge in [0, 0.05) is 42.4 Å². The normalized spacial score (nSPS) is 15.9. The van der Waals surface area contributed by atoms with E-state index < -0.39 is 34.7 Å². The van der Waals surface area contributed by atoms with Crippen molar-refractivity contribution in [3.63, 3.8) is 0 Å². The van der Waals surface area contributed by atoms with E-state index in [1.54, 1.807) is 31.4 Å². The number of carbonyl (C=O) groups excluding carboxylic acids is 1. The van der Waals surface area contributed by atoms with Gasteiger partial charge in [0.15, 0.2) is 5.65 Å². The summed E-state index contributed by atoms with van der Waals surface area (Å²) in [7, 11) is 4.00. The number of pyridine rings is 1. The molecule has 11 nitrogen and oxygen atoms in total. The Morgan fingerprint density at radius 2 is 1.68 bits per heavy atom. The van der Waals surface area contributed by atoms with Crippen LogP contribution in [0.25, 0.3) is 33.4 Å². The van der Waals surface area contributed by atoms with Crippen LogP contribution < -0.4 is 21.3 Å². The number of alkyl halides is 3. The van der Waals surface area contributed by atoms with E-state index in [9.17, 15) is 27.6 Å². The second-order valence-electron chi connectivity index (χ2n) is 12.7. The summed E-state index contributed by atoms with van der Waals surface area (Å²) in [6.45, 7) is 1.65. The zero-order chi connectivity index (χ0) is 37.1. The molecule has 2 aromatic carbocycles. The van der Waals surface area contributed by atoms with Gasteiger partial charge in [0.25, 0.3) is 5.56 Å². The third kappa shape index (κ3) is 6.85. The van der Waals surface area contributed by atoms with Crippen molar-refractivity contribution in [2.24, 2.45) is 14.1 Å². The maximum absolute atomic E-state index is 13.9.